The summed E-state index contributed by atoms with van der Waals surface area (Å²) in [6, 6.07) is 1.64. The summed E-state index contributed by atoms with van der Waals surface area (Å²) in [6.07, 6.45) is 1.39. The molecule has 88 valence electrons. The molecule has 1 aromatic heterocycles. The normalized spacial score (nSPS) is 9.94. The van der Waals surface area contributed by atoms with Crippen LogP contribution in [0.4, 0.5) is 0 Å². The van der Waals surface area contributed by atoms with Gasteiger partial charge in [-0.1, -0.05) is 0 Å². The number of ether oxygens (including phenoxy) is 1. The minimum absolute atomic E-state index is 0.0456. The maximum atomic E-state index is 11.9. The van der Waals surface area contributed by atoms with Crippen molar-refractivity contribution < 1.29 is 18.7 Å². The second-order valence-electron chi connectivity index (χ2n) is 3.34. The van der Waals surface area contributed by atoms with Crippen molar-refractivity contribution in [2.45, 2.75) is 13.8 Å². The van der Waals surface area contributed by atoms with Crippen LogP contribution in [0.2, 0.25) is 0 Å². The lowest BCUT2D eigenvalue weighted by molar-refractivity contribution is -0.141. The zero-order valence-electron chi connectivity index (χ0n) is 9.65. The second kappa shape index (κ2) is 5.34. The van der Waals surface area contributed by atoms with Crippen LogP contribution >= 0.6 is 0 Å². The van der Waals surface area contributed by atoms with Gasteiger partial charge < -0.3 is 14.1 Å². The Kier molecular flexibility index (Phi) is 4.10. The van der Waals surface area contributed by atoms with Crippen LogP contribution in [0.5, 0.6) is 0 Å². The van der Waals surface area contributed by atoms with Crippen molar-refractivity contribution in [2.24, 2.45) is 0 Å². The molecule has 0 saturated carbocycles. The number of rotatable bonds is 4. The maximum Gasteiger partial charge on any atom is 0.325 e. The summed E-state index contributed by atoms with van der Waals surface area (Å²) in [7, 11) is 1.29. The van der Waals surface area contributed by atoms with E-state index < -0.39 is 5.97 Å². The Labute approximate surface area is 94.0 Å². The maximum absolute atomic E-state index is 11.9. The van der Waals surface area contributed by atoms with E-state index in [1.54, 1.807) is 19.9 Å². The molecule has 0 radical (unpaired) electrons. The third-order valence-corrected chi connectivity index (χ3v) is 2.19. The fraction of sp³-hybridized carbons (Fsp3) is 0.455. The molecular weight excluding hydrogens is 210 g/mol. The molecule has 0 fully saturated rings. The SMILES string of the molecule is CCN(CC(=O)OC)C(=O)c1coc(C)c1. The molecule has 1 amide bonds. The predicted molar refractivity (Wildman–Crippen MR) is 57.0 cm³/mol. The molecule has 5 heteroatoms. The highest BCUT2D eigenvalue weighted by molar-refractivity contribution is 5.95. The Hall–Kier alpha value is -1.78. The molecule has 0 aromatic carbocycles. The monoisotopic (exact) mass is 225 g/mol. The van der Waals surface area contributed by atoms with E-state index in [9.17, 15) is 9.59 Å². The topological polar surface area (TPSA) is 59.8 Å². The molecule has 1 rings (SSSR count). The Balaban J connectivity index is 2.73. The van der Waals surface area contributed by atoms with E-state index in [0.717, 1.165) is 0 Å². The van der Waals surface area contributed by atoms with Gasteiger partial charge in [0.1, 0.15) is 18.6 Å². The minimum Gasteiger partial charge on any atom is -0.469 e. The Bertz CT molecular complexity index is 383. The van der Waals surface area contributed by atoms with Gasteiger partial charge in [0.15, 0.2) is 0 Å². The van der Waals surface area contributed by atoms with E-state index in [-0.39, 0.29) is 12.5 Å². The molecule has 0 aliphatic carbocycles. The third-order valence-electron chi connectivity index (χ3n) is 2.19. The molecule has 0 atom stereocenters. The summed E-state index contributed by atoms with van der Waals surface area (Å²) in [5, 5.41) is 0. The Morgan fingerprint density at radius 2 is 2.19 bits per heavy atom. The van der Waals surface area contributed by atoms with Crippen LogP contribution in [0.15, 0.2) is 16.7 Å². The highest BCUT2D eigenvalue weighted by atomic mass is 16.5. The van der Waals surface area contributed by atoms with Crippen molar-refractivity contribution >= 4 is 11.9 Å². The number of carbonyl (C=O) groups excluding carboxylic acids is 2. The largest absolute Gasteiger partial charge is 0.469 e. The quantitative estimate of drug-likeness (QED) is 0.723. The van der Waals surface area contributed by atoms with Gasteiger partial charge in [-0.05, 0) is 19.9 Å². The van der Waals surface area contributed by atoms with Crippen molar-refractivity contribution in [1.29, 1.82) is 0 Å². The third kappa shape index (κ3) is 2.85. The summed E-state index contributed by atoms with van der Waals surface area (Å²) in [5.74, 6) is -0.00219. The van der Waals surface area contributed by atoms with Crippen LogP contribution in [-0.4, -0.2) is 37.0 Å². The van der Waals surface area contributed by atoms with E-state index in [4.69, 9.17) is 4.42 Å². The summed E-state index contributed by atoms with van der Waals surface area (Å²) in [6.45, 7) is 3.95. The second-order valence-corrected chi connectivity index (χ2v) is 3.34. The van der Waals surface area contributed by atoms with Gasteiger partial charge in [-0.15, -0.1) is 0 Å². The highest BCUT2D eigenvalue weighted by Gasteiger charge is 2.18. The molecule has 0 saturated heterocycles. The molecular formula is C11H15NO4. The Morgan fingerprint density at radius 1 is 1.50 bits per heavy atom. The number of aryl methyl sites for hydroxylation is 1. The number of esters is 1. The summed E-state index contributed by atoms with van der Waals surface area (Å²) < 4.78 is 9.57. The lowest BCUT2D eigenvalue weighted by atomic mass is 10.2. The fourth-order valence-corrected chi connectivity index (χ4v) is 1.29. The predicted octanol–water partition coefficient (Wildman–Crippen LogP) is 1.22. The van der Waals surface area contributed by atoms with Crippen molar-refractivity contribution in [2.75, 3.05) is 20.2 Å². The van der Waals surface area contributed by atoms with Crippen LogP contribution in [0.1, 0.15) is 23.0 Å². The van der Waals surface area contributed by atoms with Crippen LogP contribution < -0.4 is 0 Å². The summed E-state index contributed by atoms with van der Waals surface area (Å²) >= 11 is 0. The average Bonchev–Trinajstić information content (AvgIpc) is 2.71. The number of nitrogens with zero attached hydrogens (tertiary/aromatic N) is 1. The molecule has 0 N–H and O–H groups in total. The number of hydrogen-bond acceptors (Lipinski definition) is 4. The fourth-order valence-electron chi connectivity index (χ4n) is 1.29. The summed E-state index contributed by atoms with van der Waals surface area (Å²) in [4.78, 5) is 24.4. The van der Waals surface area contributed by atoms with Crippen LogP contribution in [-0.2, 0) is 9.53 Å². The molecule has 0 aliphatic rings. The number of carbonyl (C=O) groups is 2. The lowest BCUT2D eigenvalue weighted by Crippen LogP contribution is -2.35. The number of methoxy groups -OCH3 is 1. The van der Waals surface area contributed by atoms with Crippen molar-refractivity contribution in [3.8, 4) is 0 Å². The molecule has 0 aliphatic heterocycles. The van der Waals surface area contributed by atoms with Gasteiger partial charge in [-0.3, -0.25) is 9.59 Å². The first-order valence-electron chi connectivity index (χ1n) is 4.99. The van der Waals surface area contributed by atoms with Gasteiger partial charge in [-0.25, -0.2) is 0 Å². The van der Waals surface area contributed by atoms with Gasteiger partial charge in [0.25, 0.3) is 5.91 Å². The number of hydrogen-bond donors (Lipinski definition) is 0. The number of likely N-dealkylation sites (N-methyl/N-ethyl adjacent to an activating group) is 1. The number of amides is 1. The van der Waals surface area contributed by atoms with Crippen LogP contribution in [0.3, 0.4) is 0 Å². The molecule has 16 heavy (non-hydrogen) atoms. The molecule has 1 heterocycles. The van der Waals surface area contributed by atoms with Gasteiger partial charge in [0.2, 0.25) is 0 Å². The van der Waals surface area contributed by atoms with E-state index in [1.807, 2.05) is 0 Å². The van der Waals surface area contributed by atoms with E-state index in [0.29, 0.717) is 17.9 Å². The van der Waals surface area contributed by atoms with Crippen molar-refractivity contribution in [3.63, 3.8) is 0 Å². The molecule has 0 spiro atoms. The lowest BCUT2D eigenvalue weighted by Gasteiger charge is -2.18. The van der Waals surface area contributed by atoms with E-state index in [1.165, 1.54) is 18.3 Å². The first-order chi connectivity index (χ1) is 7.58. The summed E-state index contributed by atoms with van der Waals surface area (Å²) in [5.41, 5.74) is 0.447. The smallest absolute Gasteiger partial charge is 0.325 e. The standard InChI is InChI=1S/C11H15NO4/c1-4-12(6-10(13)15-3)11(14)9-5-8(2)16-7-9/h5,7H,4,6H2,1-3H3. The zero-order chi connectivity index (χ0) is 12.1. The van der Waals surface area contributed by atoms with Crippen molar-refractivity contribution in [3.05, 3.63) is 23.7 Å². The molecule has 0 bridgehead atoms. The van der Waals surface area contributed by atoms with Crippen LogP contribution in [0, 0.1) is 6.92 Å². The van der Waals surface area contributed by atoms with E-state index >= 15 is 0 Å². The molecule has 1 aromatic rings. The Morgan fingerprint density at radius 3 is 2.62 bits per heavy atom. The molecule has 0 unspecified atom stereocenters. The molecule has 5 nitrogen and oxygen atoms in total. The van der Waals surface area contributed by atoms with Gasteiger partial charge >= 0.3 is 5.97 Å². The first-order valence-corrected chi connectivity index (χ1v) is 4.99. The first kappa shape index (κ1) is 12.3. The van der Waals surface area contributed by atoms with E-state index in [2.05, 4.69) is 4.74 Å². The highest BCUT2D eigenvalue weighted by Crippen LogP contribution is 2.09. The van der Waals surface area contributed by atoms with Gasteiger partial charge in [-0.2, -0.15) is 0 Å². The van der Waals surface area contributed by atoms with Gasteiger partial charge in [0, 0.05) is 6.54 Å². The zero-order valence-corrected chi connectivity index (χ0v) is 9.65. The van der Waals surface area contributed by atoms with Crippen molar-refractivity contribution in [1.82, 2.24) is 4.90 Å². The van der Waals surface area contributed by atoms with Gasteiger partial charge in [0.05, 0.1) is 12.7 Å². The van der Waals surface area contributed by atoms with Crippen LogP contribution in [0.25, 0.3) is 0 Å². The number of furan rings is 1. The average molecular weight is 225 g/mol. The minimum atomic E-state index is -0.435.